The van der Waals surface area contributed by atoms with E-state index >= 15 is 0 Å². The molecule has 0 bridgehead atoms. The van der Waals surface area contributed by atoms with E-state index in [1.807, 2.05) is 6.92 Å². The van der Waals surface area contributed by atoms with Crippen molar-refractivity contribution in [2.24, 2.45) is 0 Å². The van der Waals surface area contributed by atoms with Crippen LogP contribution in [0.25, 0.3) is 0 Å². The molecule has 1 fully saturated rings. The molecule has 1 aromatic rings. The highest BCUT2D eigenvalue weighted by Gasteiger charge is 2.33. The number of rotatable bonds is 8. The lowest BCUT2D eigenvalue weighted by atomic mass is 10.1. The molecule has 2 N–H and O–H groups in total. The fourth-order valence-electron chi connectivity index (χ4n) is 2.80. The van der Waals surface area contributed by atoms with E-state index in [1.165, 1.54) is 7.11 Å². The normalized spacial score (nSPS) is 16.8. The molecule has 0 radical (unpaired) electrons. The summed E-state index contributed by atoms with van der Waals surface area (Å²) in [6.45, 7) is 2.99. The van der Waals surface area contributed by atoms with Gasteiger partial charge in [-0.1, -0.05) is 6.92 Å². The van der Waals surface area contributed by atoms with E-state index in [4.69, 9.17) is 4.74 Å². The second-order valence-corrected chi connectivity index (χ2v) is 6.32. The Morgan fingerprint density at radius 2 is 1.96 bits per heavy atom. The van der Waals surface area contributed by atoms with E-state index in [0.717, 1.165) is 0 Å². The second-order valence-electron chi connectivity index (χ2n) is 6.32. The number of ether oxygens (including phenoxy) is 2. The van der Waals surface area contributed by atoms with Crippen LogP contribution in [0.15, 0.2) is 24.3 Å². The number of piperazine rings is 1. The Kier molecular flexibility index (Phi) is 7.94. The van der Waals surface area contributed by atoms with Crippen molar-refractivity contribution in [3.05, 3.63) is 29.8 Å². The minimum atomic E-state index is -0.745. The fourth-order valence-corrected chi connectivity index (χ4v) is 2.80. The molecule has 1 unspecified atom stereocenters. The van der Waals surface area contributed by atoms with Crippen LogP contribution in [0.5, 0.6) is 0 Å². The highest BCUT2D eigenvalue weighted by molar-refractivity contribution is 5.95. The standard InChI is InChI=1S/C19H25N3O6/c1-3-10-28-17(24)11-15-18(25)20-8-9-22(15)12-16(23)21-14-6-4-13(5-7-14)19(26)27-2/h4-7,15H,3,8-12H2,1-2H3,(H,20,25)(H,21,23). The van der Waals surface area contributed by atoms with Gasteiger partial charge < -0.3 is 20.1 Å². The van der Waals surface area contributed by atoms with Gasteiger partial charge in [-0.3, -0.25) is 19.3 Å². The van der Waals surface area contributed by atoms with Gasteiger partial charge in [0.25, 0.3) is 0 Å². The smallest absolute Gasteiger partial charge is 0.337 e. The molecule has 28 heavy (non-hydrogen) atoms. The monoisotopic (exact) mass is 391 g/mol. The quantitative estimate of drug-likeness (QED) is 0.622. The molecule has 9 nitrogen and oxygen atoms in total. The number of amides is 2. The van der Waals surface area contributed by atoms with Crippen molar-refractivity contribution in [3.63, 3.8) is 0 Å². The van der Waals surface area contributed by atoms with E-state index in [1.54, 1.807) is 29.2 Å². The van der Waals surface area contributed by atoms with Gasteiger partial charge in [0.15, 0.2) is 0 Å². The second kappa shape index (κ2) is 10.4. The maximum atomic E-state index is 12.4. The topological polar surface area (TPSA) is 114 Å². The van der Waals surface area contributed by atoms with Crippen molar-refractivity contribution in [3.8, 4) is 0 Å². The molecule has 2 amide bonds. The number of anilines is 1. The first-order valence-electron chi connectivity index (χ1n) is 9.10. The third-order valence-electron chi connectivity index (χ3n) is 4.21. The molecule has 0 aliphatic carbocycles. The SMILES string of the molecule is CCCOC(=O)CC1C(=O)NCCN1CC(=O)Nc1ccc(C(=O)OC)cc1. The van der Waals surface area contributed by atoms with Crippen molar-refractivity contribution in [1.82, 2.24) is 10.2 Å². The summed E-state index contributed by atoms with van der Waals surface area (Å²) in [6, 6.07) is 5.52. The molecule has 1 aromatic carbocycles. The average Bonchev–Trinajstić information content (AvgIpc) is 2.69. The van der Waals surface area contributed by atoms with E-state index in [-0.39, 0.29) is 24.8 Å². The molecule has 1 atom stereocenters. The summed E-state index contributed by atoms with van der Waals surface area (Å²) in [6.07, 6.45) is 0.594. The van der Waals surface area contributed by atoms with Crippen LogP contribution < -0.4 is 10.6 Å². The summed E-state index contributed by atoms with van der Waals surface area (Å²) in [5, 5.41) is 5.42. The Balaban J connectivity index is 1.95. The maximum Gasteiger partial charge on any atom is 0.337 e. The molecule has 1 heterocycles. The van der Waals surface area contributed by atoms with Crippen LogP contribution in [0.3, 0.4) is 0 Å². The number of carbonyl (C=O) groups excluding carboxylic acids is 4. The van der Waals surface area contributed by atoms with Gasteiger partial charge >= 0.3 is 11.9 Å². The number of benzene rings is 1. The minimum Gasteiger partial charge on any atom is -0.466 e. The van der Waals surface area contributed by atoms with Gasteiger partial charge in [0.05, 0.1) is 32.2 Å². The molecule has 2 rings (SSSR count). The Labute approximate surface area is 163 Å². The van der Waals surface area contributed by atoms with Crippen molar-refractivity contribution in [1.29, 1.82) is 0 Å². The van der Waals surface area contributed by atoms with Crippen LogP contribution in [-0.4, -0.2) is 68.0 Å². The third kappa shape index (κ3) is 6.05. The highest BCUT2D eigenvalue weighted by atomic mass is 16.5. The summed E-state index contributed by atoms with van der Waals surface area (Å²) in [5.74, 6) is -1.55. The Morgan fingerprint density at radius 3 is 2.61 bits per heavy atom. The summed E-state index contributed by atoms with van der Waals surface area (Å²) in [5.41, 5.74) is 0.886. The predicted octanol–water partition coefficient (Wildman–Crippen LogP) is 0.555. The molecule has 9 heteroatoms. The minimum absolute atomic E-state index is 0.0438. The zero-order valence-corrected chi connectivity index (χ0v) is 16.0. The van der Waals surface area contributed by atoms with Crippen molar-refractivity contribution in [2.45, 2.75) is 25.8 Å². The van der Waals surface area contributed by atoms with Crippen LogP contribution in [0.4, 0.5) is 5.69 Å². The summed E-state index contributed by atoms with van der Waals surface area (Å²) < 4.78 is 9.67. The number of hydrogen-bond donors (Lipinski definition) is 2. The molecule has 0 saturated carbocycles. The van der Waals surface area contributed by atoms with Gasteiger partial charge in [-0.25, -0.2) is 4.79 Å². The number of nitrogens with zero attached hydrogens (tertiary/aromatic N) is 1. The van der Waals surface area contributed by atoms with E-state index in [2.05, 4.69) is 15.4 Å². The van der Waals surface area contributed by atoms with Gasteiger partial charge in [-0.05, 0) is 30.7 Å². The van der Waals surface area contributed by atoms with Gasteiger partial charge in [-0.2, -0.15) is 0 Å². The zero-order valence-electron chi connectivity index (χ0n) is 16.0. The lowest BCUT2D eigenvalue weighted by Gasteiger charge is -2.33. The van der Waals surface area contributed by atoms with Crippen LogP contribution in [0.2, 0.25) is 0 Å². The first-order chi connectivity index (χ1) is 13.4. The highest BCUT2D eigenvalue weighted by Crippen LogP contribution is 2.13. The Morgan fingerprint density at radius 1 is 1.25 bits per heavy atom. The fraction of sp³-hybridized carbons (Fsp3) is 0.474. The summed E-state index contributed by atoms with van der Waals surface area (Å²) in [4.78, 5) is 49.5. The van der Waals surface area contributed by atoms with Gasteiger partial charge in [0.2, 0.25) is 11.8 Å². The molecule has 1 saturated heterocycles. The third-order valence-corrected chi connectivity index (χ3v) is 4.21. The molecule has 1 aliphatic heterocycles. The van der Waals surface area contributed by atoms with Gasteiger partial charge in [0.1, 0.15) is 6.04 Å². The lowest BCUT2D eigenvalue weighted by Crippen LogP contribution is -2.57. The number of esters is 2. The number of methoxy groups -OCH3 is 1. The molecule has 1 aliphatic rings. The summed E-state index contributed by atoms with van der Waals surface area (Å²) in [7, 11) is 1.29. The molecule has 0 aromatic heterocycles. The molecular formula is C19H25N3O6. The van der Waals surface area contributed by atoms with Crippen LogP contribution in [0.1, 0.15) is 30.1 Å². The van der Waals surface area contributed by atoms with Gasteiger partial charge in [0, 0.05) is 18.8 Å². The Hall–Kier alpha value is -2.94. The van der Waals surface area contributed by atoms with Crippen molar-refractivity contribution in [2.75, 3.05) is 38.7 Å². The van der Waals surface area contributed by atoms with Gasteiger partial charge in [-0.15, -0.1) is 0 Å². The largest absolute Gasteiger partial charge is 0.466 e. The first-order valence-corrected chi connectivity index (χ1v) is 9.10. The van der Waals surface area contributed by atoms with E-state index in [0.29, 0.717) is 37.4 Å². The number of carbonyl (C=O) groups is 4. The number of nitrogens with one attached hydrogen (secondary N) is 2. The summed E-state index contributed by atoms with van der Waals surface area (Å²) >= 11 is 0. The molecule has 0 spiro atoms. The van der Waals surface area contributed by atoms with Crippen molar-refractivity contribution < 1.29 is 28.7 Å². The maximum absolute atomic E-state index is 12.4. The lowest BCUT2D eigenvalue weighted by molar-refractivity contribution is -0.148. The molecular weight excluding hydrogens is 366 g/mol. The van der Waals surface area contributed by atoms with E-state index < -0.39 is 18.0 Å². The van der Waals surface area contributed by atoms with E-state index in [9.17, 15) is 19.2 Å². The van der Waals surface area contributed by atoms with Crippen LogP contribution in [-0.2, 0) is 23.9 Å². The predicted molar refractivity (Wildman–Crippen MR) is 101 cm³/mol. The Bertz CT molecular complexity index is 719. The average molecular weight is 391 g/mol. The molecule has 152 valence electrons. The first kappa shape index (κ1) is 21.4. The zero-order chi connectivity index (χ0) is 20.5. The number of hydrogen-bond acceptors (Lipinski definition) is 7. The van der Waals surface area contributed by atoms with Crippen molar-refractivity contribution >= 4 is 29.4 Å². The van der Waals surface area contributed by atoms with Crippen LogP contribution in [0, 0.1) is 0 Å². The van der Waals surface area contributed by atoms with Crippen LogP contribution >= 0.6 is 0 Å².